The SMILES string of the molecule is NC(=O)c1n[nH]c(C2CCCCC2)c1-c1ccccc1. The summed E-state index contributed by atoms with van der Waals surface area (Å²) in [5, 5.41) is 7.24. The van der Waals surface area contributed by atoms with Crippen LogP contribution in [0.5, 0.6) is 0 Å². The van der Waals surface area contributed by atoms with Crippen molar-refractivity contribution in [3.8, 4) is 11.1 Å². The van der Waals surface area contributed by atoms with Crippen molar-refractivity contribution in [1.29, 1.82) is 0 Å². The number of nitrogens with two attached hydrogens (primary N) is 1. The summed E-state index contributed by atoms with van der Waals surface area (Å²) in [6, 6.07) is 9.91. The number of H-pyrrole nitrogens is 1. The molecule has 3 rings (SSSR count). The molecule has 1 fully saturated rings. The number of benzene rings is 1. The highest BCUT2D eigenvalue weighted by molar-refractivity contribution is 5.98. The quantitative estimate of drug-likeness (QED) is 0.898. The van der Waals surface area contributed by atoms with E-state index in [1.54, 1.807) is 0 Å². The second kappa shape index (κ2) is 5.49. The van der Waals surface area contributed by atoms with Crippen molar-refractivity contribution in [3.05, 3.63) is 41.7 Å². The van der Waals surface area contributed by atoms with Crippen LogP contribution < -0.4 is 5.73 Å². The van der Waals surface area contributed by atoms with Gasteiger partial charge in [0.1, 0.15) is 0 Å². The molecule has 104 valence electrons. The van der Waals surface area contributed by atoms with Gasteiger partial charge < -0.3 is 5.73 Å². The molecule has 2 aromatic rings. The Bertz CT molecular complexity index is 597. The smallest absolute Gasteiger partial charge is 0.269 e. The Morgan fingerprint density at radius 1 is 1.15 bits per heavy atom. The number of carbonyl (C=O) groups is 1. The average Bonchev–Trinajstić information content (AvgIpc) is 2.94. The lowest BCUT2D eigenvalue weighted by atomic mass is 9.84. The zero-order valence-corrected chi connectivity index (χ0v) is 11.4. The van der Waals surface area contributed by atoms with E-state index in [0.29, 0.717) is 11.6 Å². The first kappa shape index (κ1) is 12.9. The number of nitrogens with one attached hydrogen (secondary N) is 1. The van der Waals surface area contributed by atoms with Crippen LogP contribution in [0.1, 0.15) is 54.2 Å². The van der Waals surface area contributed by atoms with Gasteiger partial charge in [0.2, 0.25) is 0 Å². The van der Waals surface area contributed by atoms with Crippen molar-refractivity contribution in [2.24, 2.45) is 5.73 Å². The fourth-order valence-electron chi connectivity index (χ4n) is 3.12. The van der Waals surface area contributed by atoms with E-state index in [0.717, 1.165) is 29.7 Å². The predicted molar refractivity (Wildman–Crippen MR) is 78.4 cm³/mol. The first-order chi connectivity index (χ1) is 9.77. The van der Waals surface area contributed by atoms with Gasteiger partial charge in [-0.05, 0) is 18.4 Å². The van der Waals surface area contributed by atoms with Crippen molar-refractivity contribution in [2.45, 2.75) is 38.0 Å². The van der Waals surface area contributed by atoms with Crippen LogP contribution in [0.15, 0.2) is 30.3 Å². The molecule has 4 nitrogen and oxygen atoms in total. The van der Waals surface area contributed by atoms with E-state index < -0.39 is 5.91 Å². The molecular weight excluding hydrogens is 250 g/mol. The minimum atomic E-state index is -0.470. The molecule has 3 N–H and O–H groups in total. The third-order valence-electron chi connectivity index (χ3n) is 4.10. The van der Waals surface area contributed by atoms with Crippen LogP contribution in [0.2, 0.25) is 0 Å². The zero-order valence-electron chi connectivity index (χ0n) is 11.4. The molecule has 4 heteroatoms. The Labute approximate surface area is 118 Å². The van der Waals surface area contributed by atoms with E-state index in [1.165, 1.54) is 19.3 Å². The number of amides is 1. The Morgan fingerprint density at radius 2 is 1.85 bits per heavy atom. The molecule has 0 unspecified atom stereocenters. The Kier molecular flexibility index (Phi) is 3.54. The summed E-state index contributed by atoms with van der Waals surface area (Å²) >= 11 is 0. The molecule has 1 aliphatic carbocycles. The number of aromatic amines is 1. The molecule has 0 spiro atoms. The van der Waals surface area contributed by atoms with Gasteiger partial charge in [0.25, 0.3) is 5.91 Å². The molecule has 1 aliphatic rings. The Morgan fingerprint density at radius 3 is 2.50 bits per heavy atom. The summed E-state index contributed by atoms with van der Waals surface area (Å²) in [6.07, 6.45) is 6.09. The van der Waals surface area contributed by atoms with Gasteiger partial charge in [0, 0.05) is 17.2 Å². The fraction of sp³-hybridized carbons (Fsp3) is 0.375. The highest BCUT2D eigenvalue weighted by Crippen LogP contribution is 2.38. The molecule has 1 aromatic heterocycles. The molecule has 0 saturated heterocycles. The van der Waals surface area contributed by atoms with Crippen LogP contribution >= 0.6 is 0 Å². The number of aromatic nitrogens is 2. The monoisotopic (exact) mass is 269 g/mol. The normalized spacial score (nSPS) is 16.2. The summed E-state index contributed by atoms with van der Waals surface area (Å²) < 4.78 is 0. The summed E-state index contributed by atoms with van der Waals surface area (Å²) in [6.45, 7) is 0. The number of rotatable bonds is 3. The van der Waals surface area contributed by atoms with Crippen molar-refractivity contribution in [3.63, 3.8) is 0 Å². The molecule has 20 heavy (non-hydrogen) atoms. The molecular formula is C16H19N3O. The molecule has 1 aromatic carbocycles. The van der Waals surface area contributed by atoms with Gasteiger partial charge in [-0.1, -0.05) is 49.6 Å². The lowest BCUT2D eigenvalue weighted by molar-refractivity contribution is 0.0996. The predicted octanol–water partition coefficient (Wildman–Crippen LogP) is 3.22. The van der Waals surface area contributed by atoms with E-state index in [-0.39, 0.29) is 0 Å². The fourth-order valence-corrected chi connectivity index (χ4v) is 3.12. The molecule has 1 amide bonds. The van der Waals surface area contributed by atoms with E-state index >= 15 is 0 Å². The van der Waals surface area contributed by atoms with Gasteiger partial charge in [-0.15, -0.1) is 0 Å². The van der Waals surface area contributed by atoms with Crippen LogP contribution in [-0.4, -0.2) is 16.1 Å². The Hall–Kier alpha value is -2.10. The molecule has 1 saturated carbocycles. The minimum absolute atomic E-state index is 0.358. The van der Waals surface area contributed by atoms with Crippen LogP contribution in [0.3, 0.4) is 0 Å². The van der Waals surface area contributed by atoms with E-state index in [9.17, 15) is 4.79 Å². The number of primary amides is 1. The standard InChI is InChI=1S/C16H19N3O/c17-16(20)15-13(11-7-3-1-4-8-11)14(18-19-15)12-9-5-2-6-10-12/h1,3-4,7-8,12H,2,5-6,9-10H2,(H2,17,20)(H,18,19). The van der Waals surface area contributed by atoms with Crippen LogP contribution in [0.25, 0.3) is 11.1 Å². The lowest BCUT2D eigenvalue weighted by Crippen LogP contribution is -2.13. The van der Waals surface area contributed by atoms with Gasteiger partial charge in [0.15, 0.2) is 5.69 Å². The topological polar surface area (TPSA) is 71.8 Å². The maximum Gasteiger partial charge on any atom is 0.269 e. The van der Waals surface area contributed by atoms with Crippen LogP contribution in [0, 0.1) is 0 Å². The van der Waals surface area contributed by atoms with Crippen molar-refractivity contribution < 1.29 is 4.79 Å². The maximum absolute atomic E-state index is 11.6. The van der Waals surface area contributed by atoms with Crippen molar-refractivity contribution in [2.75, 3.05) is 0 Å². The minimum Gasteiger partial charge on any atom is -0.364 e. The second-order valence-electron chi connectivity index (χ2n) is 5.43. The summed E-state index contributed by atoms with van der Waals surface area (Å²) in [5.41, 5.74) is 8.81. The zero-order chi connectivity index (χ0) is 13.9. The third-order valence-corrected chi connectivity index (χ3v) is 4.10. The maximum atomic E-state index is 11.6. The summed E-state index contributed by atoms with van der Waals surface area (Å²) in [7, 11) is 0. The van der Waals surface area contributed by atoms with Gasteiger partial charge in [-0.25, -0.2) is 0 Å². The van der Waals surface area contributed by atoms with Gasteiger partial charge >= 0.3 is 0 Å². The average molecular weight is 269 g/mol. The Balaban J connectivity index is 2.08. The molecule has 0 radical (unpaired) electrons. The lowest BCUT2D eigenvalue weighted by Gasteiger charge is -2.21. The number of hydrogen-bond donors (Lipinski definition) is 2. The van der Waals surface area contributed by atoms with Crippen molar-refractivity contribution >= 4 is 5.91 Å². The third kappa shape index (κ3) is 2.33. The highest BCUT2D eigenvalue weighted by Gasteiger charge is 2.25. The number of nitrogens with zero attached hydrogens (tertiary/aromatic N) is 1. The van der Waals surface area contributed by atoms with Gasteiger partial charge in [0.05, 0.1) is 0 Å². The van der Waals surface area contributed by atoms with Crippen LogP contribution in [0.4, 0.5) is 0 Å². The first-order valence-electron chi connectivity index (χ1n) is 7.21. The molecule has 0 bridgehead atoms. The van der Waals surface area contributed by atoms with E-state index in [2.05, 4.69) is 10.2 Å². The molecule has 0 atom stereocenters. The van der Waals surface area contributed by atoms with Gasteiger partial charge in [-0.3, -0.25) is 9.89 Å². The summed E-state index contributed by atoms with van der Waals surface area (Å²) in [5.74, 6) is -0.0123. The second-order valence-corrected chi connectivity index (χ2v) is 5.43. The largest absolute Gasteiger partial charge is 0.364 e. The van der Waals surface area contributed by atoms with E-state index in [1.807, 2.05) is 30.3 Å². The number of hydrogen-bond acceptors (Lipinski definition) is 2. The highest BCUT2D eigenvalue weighted by atomic mass is 16.1. The van der Waals surface area contributed by atoms with Gasteiger partial charge in [-0.2, -0.15) is 5.10 Å². The first-order valence-corrected chi connectivity index (χ1v) is 7.21. The molecule has 0 aliphatic heterocycles. The number of carbonyl (C=O) groups excluding carboxylic acids is 1. The summed E-state index contributed by atoms with van der Waals surface area (Å²) in [4.78, 5) is 11.6. The van der Waals surface area contributed by atoms with Crippen molar-refractivity contribution in [1.82, 2.24) is 10.2 Å². The van der Waals surface area contributed by atoms with Crippen LogP contribution in [-0.2, 0) is 0 Å². The van der Waals surface area contributed by atoms with E-state index in [4.69, 9.17) is 5.73 Å². The molecule has 1 heterocycles.